The van der Waals surface area contributed by atoms with Gasteiger partial charge in [-0.15, -0.1) is 0 Å². The molecule has 0 aromatic heterocycles. The van der Waals surface area contributed by atoms with Crippen LogP contribution in [0.1, 0.15) is 239 Å². The molecule has 90 heavy (non-hydrogen) atoms. The van der Waals surface area contributed by atoms with Gasteiger partial charge in [-0.3, -0.25) is 14.6 Å². The monoisotopic (exact) mass is 1260 g/mol. The number of aromatic hydroxyl groups is 2. The second kappa shape index (κ2) is 23.0. The van der Waals surface area contributed by atoms with Crippen LogP contribution in [-0.4, -0.2) is 79.1 Å². The van der Waals surface area contributed by atoms with Crippen LogP contribution >= 0.6 is 21.6 Å². The SMILES string of the molecule is CC(=O)O[C@@]12CCc3cc(c(O)c4c3[C@H]3C=C[C@@]5(CCC[C@@H]5C3)O4)CN3C[C@]4(CC3=O)[C@@H](CC[C@@H]4c3ccccc3)CN=C(N)N[C@]3(CCCC34CCCC4)SSC[C@H]3CC[C@H](C[C@]34CC[C@@]3(CC[C@H](Cc5cccc(O)c5)C3)C43CCCC3)[C@@H](CC1)[C@H](O)C2. The largest absolute Gasteiger partial charge is 0.508 e. The van der Waals surface area contributed by atoms with Crippen LogP contribution in [0.5, 0.6) is 17.2 Å². The first-order chi connectivity index (χ1) is 43.6. The van der Waals surface area contributed by atoms with Crippen molar-refractivity contribution >= 4 is 39.4 Å². The molecule has 484 valence electrons. The van der Waals surface area contributed by atoms with Gasteiger partial charge in [0.05, 0.1) is 6.10 Å². The first kappa shape index (κ1) is 60.6. The van der Waals surface area contributed by atoms with Gasteiger partial charge in [0.2, 0.25) is 5.91 Å². The molecule has 11 nitrogen and oxygen atoms in total. The average Bonchev–Trinajstić information content (AvgIpc) is 1.50. The van der Waals surface area contributed by atoms with Crippen molar-refractivity contribution in [2.75, 3.05) is 18.8 Å². The van der Waals surface area contributed by atoms with Gasteiger partial charge in [0.25, 0.3) is 0 Å². The number of hydrogen-bond acceptors (Lipinski definition) is 12. The number of nitrogens with zero attached hydrogens (tertiary/aromatic N) is 2. The van der Waals surface area contributed by atoms with E-state index >= 15 is 4.79 Å². The van der Waals surface area contributed by atoms with E-state index in [0.717, 1.165) is 87.5 Å². The zero-order valence-electron chi connectivity index (χ0n) is 53.8. The van der Waals surface area contributed by atoms with Crippen LogP contribution in [0.3, 0.4) is 0 Å². The maximum Gasteiger partial charge on any atom is 0.303 e. The molecule has 7 spiro atoms. The minimum atomic E-state index is -0.845. The van der Waals surface area contributed by atoms with E-state index in [4.69, 9.17) is 20.2 Å². The summed E-state index contributed by atoms with van der Waals surface area (Å²) in [6.07, 6.45) is 38.3. The molecule has 6 heterocycles. The van der Waals surface area contributed by atoms with E-state index in [1.807, 2.05) is 23.1 Å². The molecular formula is C77H102N4O7S2. The summed E-state index contributed by atoms with van der Waals surface area (Å²) in [5.41, 5.74) is 12.0. The highest BCUT2D eigenvalue weighted by atomic mass is 33.1. The van der Waals surface area contributed by atoms with Crippen molar-refractivity contribution in [1.29, 1.82) is 0 Å². The van der Waals surface area contributed by atoms with E-state index in [0.29, 0.717) is 90.9 Å². The zero-order valence-corrected chi connectivity index (χ0v) is 55.5. The normalized spacial score (nSPS) is 40.8. The lowest BCUT2D eigenvalue weighted by atomic mass is 9.45. The number of allylic oxidation sites excluding steroid dienone is 1. The maximum absolute atomic E-state index is 15.1. The molecular weight excluding hydrogens is 1160 g/mol. The smallest absolute Gasteiger partial charge is 0.303 e. The number of guanidine groups is 1. The summed E-state index contributed by atoms with van der Waals surface area (Å²) in [7, 11) is 4.32. The summed E-state index contributed by atoms with van der Waals surface area (Å²) in [4.78, 5) is 36.0. The number of phenolic OH excluding ortho intramolecular Hbond substituents is 2. The molecule has 1 saturated heterocycles. The average molecular weight is 1260 g/mol. The van der Waals surface area contributed by atoms with Crippen molar-refractivity contribution in [3.05, 3.63) is 101 Å². The number of ether oxygens (including phenoxy) is 2. The molecule has 13 heteroatoms. The van der Waals surface area contributed by atoms with Gasteiger partial charge in [-0.2, -0.15) is 0 Å². The van der Waals surface area contributed by atoms with E-state index in [-0.39, 0.29) is 74.4 Å². The number of esters is 1. The lowest BCUT2D eigenvalue weighted by molar-refractivity contribution is -0.173. The third-order valence-electron chi connectivity index (χ3n) is 28.9. The molecule has 3 aromatic rings. The predicted molar refractivity (Wildman–Crippen MR) is 358 cm³/mol. The number of rotatable bonds is 4. The van der Waals surface area contributed by atoms with Crippen molar-refractivity contribution in [3.63, 3.8) is 0 Å². The fourth-order valence-electron chi connectivity index (χ4n) is 25.1. The fraction of sp³-hybridized carbons (Fsp3) is 0.701. The number of carbonyl (C=O) groups excluding carboxylic acids is 2. The van der Waals surface area contributed by atoms with E-state index in [2.05, 4.69) is 81.5 Å². The van der Waals surface area contributed by atoms with Gasteiger partial charge < -0.3 is 40.7 Å². The van der Waals surface area contributed by atoms with Gasteiger partial charge in [-0.1, -0.05) is 95.8 Å². The van der Waals surface area contributed by atoms with Crippen molar-refractivity contribution < 1.29 is 34.4 Å². The summed E-state index contributed by atoms with van der Waals surface area (Å²) in [5.74, 6) is 5.07. The van der Waals surface area contributed by atoms with Gasteiger partial charge in [0, 0.05) is 78.9 Å². The molecule has 19 rings (SSSR count). The van der Waals surface area contributed by atoms with Gasteiger partial charge in [-0.05, 0) is 260 Å². The van der Waals surface area contributed by atoms with Crippen LogP contribution in [0.4, 0.5) is 0 Å². The van der Waals surface area contributed by atoms with Gasteiger partial charge >= 0.3 is 5.97 Å². The molecule has 6 N–H and O–H groups in total. The molecule has 1 amide bonds. The third kappa shape index (κ3) is 9.71. The fourth-order valence-corrected chi connectivity index (χ4v) is 29.1. The summed E-state index contributed by atoms with van der Waals surface area (Å²) in [5, 5.41) is 40.7. The number of nitrogens with two attached hydrogens (primary N) is 1. The predicted octanol–water partition coefficient (Wildman–Crippen LogP) is 15.9. The minimum absolute atomic E-state index is 0.0723. The highest BCUT2D eigenvalue weighted by Crippen LogP contribution is 2.80. The Balaban J connectivity index is 0.786. The van der Waals surface area contributed by atoms with Gasteiger partial charge in [-0.25, -0.2) is 0 Å². The highest BCUT2D eigenvalue weighted by molar-refractivity contribution is 8.77. The number of carbonyl (C=O) groups is 2. The lowest BCUT2D eigenvalue weighted by Crippen LogP contribution is -2.56. The van der Waals surface area contributed by atoms with Crippen molar-refractivity contribution in [3.8, 4) is 17.2 Å². The number of aliphatic hydroxyl groups excluding tert-OH is 1. The molecule has 10 aliphatic carbocycles. The Morgan fingerprint density at radius 2 is 1.61 bits per heavy atom. The third-order valence-corrected chi connectivity index (χ3v) is 32.2. The quantitative estimate of drug-likeness (QED) is 0.0958. The summed E-state index contributed by atoms with van der Waals surface area (Å²) < 4.78 is 14.0. The Labute approximate surface area is 543 Å². The first-order valence-electron chi connectivity index (χ1n) is 36.2. The van der Waals surface area contributed by atoms with E-state index < -0.39 is 17.3 Å². The number of aryl methyl sites for hydroxylation is 1. The van der Waals surface area contributed by atoms with Crippen LogP contribution in [-0.2, 0) is 33.7 Å². The minimum Gasteiger partial charge on any atom is -0.508 e. The van der Waals surface area contributed by atoms with E-state index in [9.17, 15) is 20.1 Å². The topological polar surface area (TPSA) is 167 Å². The van der Waals surface area contributed by atoms with Crippen molar-refractivity contribution in [1.82, 2.24) is 10.2 Å². The van der Waals surface area contributed by atoms with E-state index in [1.54, 1.807) is 6.92 Å². The van der Waals surface area contributed by atoms with Gasteiger partial charge in [0.15, 0.2) is 17.5 Å². The second-order valence-corrected chi connectivity index (χ2v) is 35.3. The number of nitrogens with one attached hydrogen (secondary N) is 1. The molecule has 10 fully saturated rings. The Kier molecular flexibility index (Phi) is 15.5. The van der Waals surface area contributed by atoms with Crippen LogP contribution in [0.25, 0.3) is 0 Å². The molecule has 0 radical (unpaired) electrons. The van der Waals surface area contributed by atoms with Crippen LogP contribution in [0.15, 0.2) is 77.8 Å². The number of benzene rings is 3. The highest BCUT2D eigenvalue weighted by Gasteiger charge is 2.72. The molecule has 9 saturated carbocycles. The second-order valence-electron chi connectivity index (χ2n) is 32.6. The van der Waals surface area contributed by atoms with Crippen LogP contribution < -0.4 is 15.8 Å². The molecule has 6 aliphatic heterocycles. The first-order valence-corrected chi connectivity index (χ1v) is 38.6. The van der Waals surface area contributed by atoms with Crippen molar-refractivity contribution in [2.24, 2.45) is 73.3 Å². The molecule has 15 atom stereocenters. The molecule has 16 aliphatic rings. The number of amides is 1. The van der Waals surface area contributed by atoms with Gasteiger partial charge in [0.1, 0.15) is 21.8 Å². The summed E-state index contributed by atoms with van der Waals surface area (Å²) in [6.45, 7) is 2.96. The Bertz CT molecular complexity index is 3300. The standard InChI is InChI=1S/C77H102N4O7S2/c1-50(82)87-72-33-22-54-40-57(67(86)68-66(54)55-23-35-75(88-68)28-10-15-58(75)41-55)47-81-49-73(45-65(81)85)59(19-20-63(73)53-13-3-2-4-14-53)46-79-69(78)80-77(31-11-27-70(77)25-5-6-26-70)90-89-48-60-18-17-56(62(24-34-72)64(84)44-72)43-74(60)37-36-71(76(74)29-7-8-30-76)32-21-52(42-71)38-51-12-9-16-61(83)39-51/h2-4,9,12-14,16,23,35,39-40,52,55-56,58-60,62-64,83-84,86H,5-8,10-11,15,17-22,24-34,36-38,41-49H2,1H3,(H3,78,79,80)/t52-,55+,56-,58-,59+,60-,62-,63-,64-,71-,72+,73-,74-,75-,77-/m1/s1. The summed E-state index contributed by atoms with van der Waals surface area (Å²) in [6, 6.07) is 21.1. The number of aliphatic hydroxyl groups is 1. The Hall–Kier alpha value is -4.33. The molecule has 3 aromatic carbocycles. The number of hydrogen-bond donors (Lipinski definition) is 5. The van der Waals surface area contributed by atoms with Crippen molar-refractivity contribution in [2.45, 2.75) is 253 Å². The maximum atomic E-state index is 15.1. The number of fused-ring (bicyclic) bond motifs is 2. The summed E-state index contributed by atoms with van der Waals surface area (Å²) >= 11 is 0. The number of phenols is 2. The molecule has 10 bridgehead atoms. The van der Waals surface area contributed by atoms with Crippen LogP contribution in [0.2, 0.25) is 0 Å². The zero-order chi connectivity index (χ0) is 61.3. The Morgan fingerprint density at radius 1 is 0.789 bits per heavy atom. The number of aliphatic imine (C=N–C) groups is 1. The lowest BCUT2D eigenvalue weighted by Gasteiger charge is -2.60. The van der Waals surface area contributed by atoms with Crippen LogP contribution in [0, 0.1) is 62.6 Å². The molecule has 0 unspecified atom stereocenters. The van der Waals surface area contributed by atoms with E-state index in [1.165, 1.54) is 120 Å². The Morgan fingerprint density at radius 3 is 2.43 bits per heavy atom.